The summed E-state index contributed by atoms with van der Waals surface area (Å²) in [6.45, 7) is 5.78. The van der Waals surface area contributed by atoms with Crippen molar-refractivity contribution >= 4 is 29.4 Å². The van der Waals surface area contributed by atoms with Crippen molar-refractivity contribution in [2.75, 3.05) is 50.5 Å². The fourth-order valence-corrected chi connectivity index (χ4v) is 2.22. The maximum Gasteiger partial charge on any atom is 0.273 e. The molecular formula is C18H31N7O4. The van der Waals surface area contributed by atoms with Crippen molar-refractivity contribution in [1.29, 1.82) is 0 Å². The van der Waals surface area contributed by atoms with Crippen LogP contribution in [0.4, 0.5) is 11.6 Å². The van der Waals surface area contributed by atoms with Gasteiger partial charge in [-0.1, -0.05) is 13.8 Å². The fourth-order valence-electron chi connectivity index (χ4n) is 2.22. The second-order valence-electron chi connectivity index (χ2n) is 6.19. The highest BCUT2D eigenvalue weighted by atomic mass is 16.5. The van der Waals surface area contributed by atoms with Gasteiger partial charge in [0.15, 0.2) is 23.0 Å². The molecule has 0 spiro atoms. The number of carbonyl (C=O) groups is 3. The highest BCUT2D eigenvalue weighted by molar-refractivity contribution is 6.01. The number of amides is 3. The maximum absolute atomic E-state index is 12.6. The lowest BCUT2D eigenvalue weighted by molar-refractivity contribution is -0.117. The Balaban J connectivity index is 3.21. The smallest absolute Gasteiger partial charge is 0.273 e. The van der Waals surface area contributed by atoms with Gasteiger partial charge >= 0.3 is 0 Å². The minimum absolute atomic E-state index is 0.0117. The van der Waals surface area contributed by atoms with Gasteiger partial charge in [-0.05, 0) is 12.8 Å². The lowest BCUT2D eigenvalue weighted by Crippen LogP contribution is -2.32. The Morgan fingerprint density at radius 3 is 1.76 bits per heavy atom. The van der Waals surface area contributed by atoms with Crippen LogP contribution in [0.15, 0.2) is 0 Å². The van der Waals surface area contributed by atoms with Gasteiger partial charge in [0.1, 0.15) is 0 Å². The molecule has 0 radical (unpaired) electrons. The second-order valence-corrected chi connectivity index (χ2v) is 6.19. The summed E-state index contributed by atoms with van der Waals surface area (Å²) in [5.41, 5.74) is 5.22. The molecule has 0 aromatic carbocycles. The Bertz CT molecular complexity index is 697. The summed E-state index contributed by atoms with van der Waals surface area (Å²) in [7, 11) is 1.54. The van der Waals surface area contributed by atoms with Crippen LogP contribution in [-0.4, -0.2) is 67.6 Å². The van der Waals surface area contributed by atoms with E-state index in [4.69, 9.17) is 10.5 Å². The fraction of sp³-hybridized carbons (Fsp3) is 0.611. The molecule has 0 fully saturated rings. The highest BCUT2D eigenvalue weighted by Crippen LogP contribution is 2.19. The first kappa shape index (κ1) is 24.1. The first-order chi connectivity index (χ1) is 13.9. The Labute approximate surface area is 170 Å². The Hall–Kier alpha value is -2.95. The summed E-state index contributed by atoms with van der Waals surface area (Å²) in [5.74, 6) is -1.04. The van der Waals surface area contributed by atoms with Crippen molar-refractivity contribution in [3.63, 3.8) is 0 Å². The van der Waals surface area contributed by atoms with Gasteiger partial charge < -0.3 is 31.7 Å². The van der Waals surface area contributed by atoms with Gasteiger partial charge in [-0.2, -0.15) is 0 Å². The molecule has 1 rings (SSSR count). The van der Waals surface area contributed by atoms with Gasteiger partial charge in [-0.25, -0.2) is 9.97 Å². The van der Waals surface area contributed by atoms with Crippen LogP contribution in [0.2, 0.25) is 0 Å². The van der Waals surface area contributed by atoms with Crippen LogP contribution in [0.1, 0.15) is 54.1 Å². The number of rotatable bonds is 14. The molecule has 11 heteroatoms. The summed E-state index contributed by atoms with van der Waals surface area (Å²) in [5, 5.41) is 11.4. The van der Waals surface area contributed by atoms with Crippen LogP contribution < -0.4 is 27.0 Å². The minimum Gasteiger partial charge on any atom is -0.383 e. The van der Waals surface area contributed by atoms with Gasteiger partial charge in [0.25, 0.3) is 11.8 Å². The van der Waals surface area contributed by atoms with E-state index in [1.54, 1.807) is 7.11 Å². The van der Waals surface area contributed by atoms with E-state index in [9.17, 15) is 14.4 Å². The van der Waals surface area contributed by atoms with Gasteiger partial charge in [-0.15, -0.1) is 0 Å². The molecule has 0 saturated carbocycles. The number of hydrogen-bond donors (Lipinski definition) is 5. The first-order valence-corrected chi connectivity index (χ1v) is 9.67. The molecule has 6 N–H and O–H groups in total. The SMILES string of the molecule is CCCNc1nc(C(=O)NCCC(N)=O)c(NCCC)nc1C(=O)NCCOC. The molecule has 1 aromatic heterocycles. The van der Waals surface area contributed by atoms with E-state index >= 15 is 0 Å². The van der Waals surface area contributed by atoms with Gasteiger partial charge in [0.05, 0.1) is 6.61 Å². The average molecular weight is 409 g/mol. The van der Waals surface area contributed by atoms with Crippen molar-refractivity contribution < 1.29 is 19.1 Å². The van der Waals surface area contributed by atoms with Crippen LogP contribution in [0.3, 0.4) is 0 Å². The summed E-state index contributed by atoms with van der Waals surface area (Å²) >= 11 is 0. The van der Waals surface area contributed by atoms with E-state index in [1.807, 2.05) is 13.8 Å². The lowest BCUT2D eigenvalue weighted by atomic mass is 10.3. The quantitative estimate of drug-likeness (QED) is 0.270. The molecule has 1 aromatic rings. The van der Waals surface area contributed by atoms with E-state index in [2.05, 4.69) is 31.2 Å². The molecule has 0 atom stereocenters. The van der Waals surface area contributed by atoms with Crippen molar-refractivity contribution in [2.45, 2.75) is 33.1 Å². The molecule has 3 amide bonds. The zero-order valence-corrected chi connectivity index (χ0v) is 17.3. The Morgan fingerprint density at radius 1 is 0.862 bits per heavy atom. The molecule has 1 heterocycles. The number of hydrogen-bond acceptors (Lipinski definition) is 8. The molecule has 162 valence electrons. The van der Waals surface area contributed by atoms with E-state index in [0.717, 1.165) is 12.8 Å². The van der Waals surface area contributed by atoms with Crippen molar-refractivity contribution in [2.24, 2.45) is 5.73 Å². The molecule has 0 saturated heterocycles. The van der Waals surface area contributed by atoms with Crippen molar-refractivity contribution in [3.8, 4) is 0 Å². The molecule has 11 nitrogen and oxygen atoms in total. The zero-order chi connectivity index (χ0) is 21.6. The Kier molecular flexibility index (Phi) is 11.0. The number of primary amides is 1. The third-order valence-corrected chi connectivity index (χ3v) is 3.66. The number of nitrogens with zero attached hydrogens (tertiary/aromatic N) is 2. The van der Waals surface area contributed by atoms with Crippen LogP contribution in [0, 0.1) is 0 Å². The third-order valence-electron chi connectivity index (χ3n) is 3.66. The van der Waals surface area contributed by atoms with Gasteiger partial charge in [-0.3, -0.25) is 14.4 Å². The second kappa shape index (κ2) is 13.3. The predicted octanol–water partition coefficient (Wildman–Crippen LogP) is 0.102. The van der Waals surface area contributed by atoms with E-state index in [1.165, 1.54) is 0 Å². The number of carbonyl (C=O) groups excluding carboxylic acids is 3. The molecule has 0 unspecified atom stereocenters. The number of ether oxygens (including phenoxy) is 1. The zero-order valence-electron chi connectivity index (χ0n) is 17.3. The van der Waals surface area contributed by atoms with Crippen molar-refractivity contribution in [1.82, 2.24) is 20.6 Å². The number of aromatic nitrogens is 2. The first-order valence-electron chi connectivity index (χ1n) is 9.67. The van der Waals surface area contributed by atoms with Crippen molar-refractivity contribution in [3.05, 3.63) is 11.4 Å². The molecule has 29 heavy (non-hydrogen) atoms. The number of nitrogens with two attached hydrogens (primary N) is 1. The van der Waals surface area contributed by atoms with Crippen LogP contribution in [-0.2, 0) is 9.53 Å². The van der Waals surface area contributed by atoms with Crippen LogP contribution in [0.25, 0.3) is 0 Å². The predicted molar refractivity (Wildman–Crippen MR) is 110 cm³/mol. The number of anilines is 2. The normalized spacial score (nSPS) is 10.3. The summed E-state index contributed by atoms with van der Waals surface area (Å²) in [4.78, 5) is 44.8. The summed E-state index contributed by atoms with van der Waals surface area (Å²) in [6.07, 6.45) is 1.59. The average Bonchev–Trinajstić information content (AvgIpc) is 2.70. The van der Waals surface area contributed by atoms with E-state index in [0.29, 0.717) is 26.2 Å². The highest BCUT2D eigenvalue weighted by Gasteiger charge is 2.22. The number of methoxy groups -OCH3 is 1. The van der Waals surface area contributed by atoms with E-state index in [-0.39, 0.29) is 36.0 Å². The number of nitrogens with one attached hydrogen (secondary N) is 4. The van der Waals surface area contributed by atoms with E-state index < -0.39 is 17.7 Å². The standard InChI is InChI=1S/C18H31N7O4/c1-4-7-20-15-13(17(27)22-9-6-12(19)26)24-16(21-8-5-2)14(25-15)18(28)23-10-11-29-3/h4-11H2,1-3H3,(H2,19,26)(H,20,25)(H,21,24)(H,22,27)(H,23,28). The topological polar surface area (TPSA) is 160 Å². The third kappa shape index (κ3) is 8.30. The maximum atomic E-state index is 12.6. The molecule has 0 aliphatic rings. The molecular weight excluding hydrogens is 378 g/mol. The molecule has 0 bridgehead atoms. The molecule has 0 aliphatic heterocycles. The van der Waals surface area contributed by atoms with Crippen LogP contribution >= 0.6 is 0 Å². The summed E-state index contributed by atoms with van der Waals surface area (Å²) < 4.78 is 4.94. The summed E-state index contributed by atoms with van der Waals surface area (Å²) in [6, 6.07) is 0. The monoisotopic (exact) mass is 409 g/mol. The molecule has 0 aliphatic carbocycles. The lowest BCUT2D eigenvalue weighted by Gasteiger charge is -2.16. The minimum atomic E-state index is -0.519. The van der Waals surface area contributed by atoms with Gasteiger partial charge in [0, 0.05) is 39.7 Å². The Morgan fingerprint density at radius 2 is 1.34 bits per heavy atom. The van der Waals surface area contributed by atoms with Crippen LogP contribution in [0.5, 0.6) is 0 Å². The van der Waals surface area contributed by atoms with Gasteiger partial charge in [0.2, 0.25) is 5.91 Å². The largest absolute Gasteiger partial charge is 0.383 e.